The summed E-state index contributed by atoms with van der Waals surface area (Å²) in [6, 6.07) is 0. The molecule has 0 atom stereocenters. The van der Waals surface area contributed by atoms with Gasteiger partial charge >= 0.3 is 0 Å². The fourth-order valence-corrected chi connectivity index (χ4v) is 2.60. The van der Waals surface area contributed by atoms with Gasteiger partial charge in [-0.3, -0.25) is 19.4 Å². The van der Waals surface area contributed by atoms with E-state index in [2.05, 4.69) is 20.4 Å². The topological polar surface area (TPSA) is 64.2 Å². The zero-order chi connectivity index (χ0) is 19.6. The van der Waals surface area contributed by atoms with E-state index in [0.29, 0.717) is 0 Å². The van der Waals surface area contributed by atoms with Gasteiger partial charge in [-0.2, -0.15) is 0 Å². The number of hydrogen-bond acceptors (Lipinski definition) is 6. The van der Waals surface area contributed by atoms with E-state index in [1.807, 2.05) is 24.3 Å². The molecule has 2 fully saturated rings. The summed E-state index contributed by atoms with van der Waals surface area (Å²) in [5, 5.41) is 6.29. The Bertz CT molecular complexity index is 693. The van der Waals surface area contributed by atoms with E-state index in [4.69, 9.17) is 0 Å². The number of rotatable bonds is 8. The molecule has 0 aromatic carbocycles. The van der Waals surface area contributed by atoms with Crippen molar-refractivity contribution in [2.75, 3.05) is 52.4 Å². The number of ketones is 2. The average molecular weight is 439 g/mol. The Morgan fingerprint density at radius 3 is 1.41 bits per heavy atom. The van der Waals surface area contributed by atoms with Crippen LogP contribution >= 0.6 is 0 Å². The molecular formula is C22H28N4NiO2. The van der Waals surface area contributed by atoms with Gasteiger partial charge in [0.1, 0.15) is 0 Å². The maximum Gasteiger partial charge on any atom is 0.187 e. The van der Waals surface area contributed by atoms with Crippen LogP contribution in [0.15, 0.2) is 72.2 Å². The van der Waals surface area contributed by atoms with Gasteiger partial charge in [0.25, 0.3) is 0 Å². The molecule has 7 heteroatoms. The van der Waals surface area contributed by atoms with Gasteiger partial charge in [-0.15, -0.1) is 0 Å². The number of hydrogen-bond donors (Lipinski definition) is 2. The van der Waals surface area contributed by atoms with Crippen LogP contribution in [0.2, 0.25) is 0 Å². The van der Waals surface area contributed by atoms with Gasteiger partial charge in [-0.25, -0.2) is 0 Å². The number of nitrogens with one attached hydrogen (secondary N) is 2. The van der Waals surface area contributed by atoms with Crippen molar-refractivity contribution in [1.82, 2.24) is 20.4 Å². The van der Waals surface area contributed by atoms with Gasteiger partial charge in [0.2, 0.25) is 0 Å². The summed E-state index contributed by atoms with van der Waals surface area (Å²) in [4.78, 5) is 27.2. The SMILES string of the molecule is O=C1C=CC=CC1=CNCCN1CC1.O=C1C=CC=CC1=CNCCN1CC1.[Ni]. The summed E-state index contributed by atoms with van der Waals surface area (Å²) < 4.78 is 0. The van der Waals surface area contributed by atoms with Crippen molar-refractivity contribution in [1.29, 1.82) is 0 Å². The number of carbonyl (C=O) groups excluding carboxylic acids is 2. The minimum atomic E-state index is 0. The summed E-state index contributed by atoms with van der Waals surface area (Å²) in [6.07, 6.45) is 17.7. The van der Waals surface area contributed by atoms with Crippen LogP contribution < -0.4 is 10.6 Å². The Morgan fingerprint density at radius 1 is 0.690 bits per heavy atom. The van der Waals surface area contributed by atoms with Crippen molar-refractivity contribution in [2.24, 2.45) is 0 Å². The first kappa shape index (κ1) is 23.1. The molecule has 0 unspecified atom stereocenters. The molecule has 0 aromatic heterocycles. The monoisotopic (exact) mass is 438 g/mol. The third-order valence-electron chi connectivity index (χ3n) is 4.58. The average Bonchev–Trinajstić information content (AvgIpc) is 3.61. The maximum atomic E-state index is 11.3. The quantitative estimate of drug-likeness (QED) is 0.254. The predicted molar refractivity (Wildman–Crippen MR) is 112 cm³/mol. The molecule has 0 radical (unpaired) electrons. The molecule has 2 heterocycles. The largest absolute Gasteiger partial charge is 0.389 e. The molecule has 4 rings (SSSR count). The molecule has 0 saturated carbocycles. The third kappa shape index (κ3) is 9.22. The van der Waals surface area contributed by atoms with Crippen molar-refractivity contribution in [3.8, 4) is 0 Å². The smallest absolute Gasteiger partial charge is 0.187 e. The van der Waals surface area contributed by atoms with Crippen LogP contribution in [0.1, 0.15) is 0 Å². The van der Waals surface area contributed by atoms with Crippen molar-refractivity contribution in [2.45, 2.75) is 0 Å². The van der Waals surface area contributed by atoms with Gasteiger partial charge < -0.3 is 10.6 Å². The van der Waals surface area contributed by atoms with Crippen LogP contribution in [0.25, 0.3) is 0 Å². The van der Waals surface area contributed by atoms with Crippen molar-refractivity contribution < 1.29 is 26.1 Å². The van der Waals surface area contributed by atoms with Crippen LogP contribution in [-0.4, -0.2) is 73.7 Å². The van der Waals surface area contributed by atoms with Gasteiger partial charge in [-0.05, 0) is 24.3 Å². The molecule has 2 N–H and O–H groups in total. The fourth-order valence-electron chi connectivity index (χ4n) is 2.60. The third-order valence-corrected chi connectivity index (χ3v) is 4.58. The fraction of sp³-hybridized carbons (Fsp3) is 0.364. The van der Waals surface area contributed by atoms with E-state index in [0.717, 1.165) is 37.3 Å². The number of nitrogens with zero attached hydrogens (tertiary/aromatic N) is 2. The molecule has 6 nitrogen and oxygen atoms in total. The summed E-state index contributed by atoms with van der Waals surface area (Å²) in [6.45, 7) is 8.84. The van der Waals surface area contributed by atoms with Gasteiger partial charge in [-0.1, -0.05) is 24.3 Å². The second-order valence-electron chi connectivity index (χ2n) is 6.96. The van der Waals surface area contributed by atoms with E-state index in [-0.39, 0.29) is 28.1 Å². The summed E-state index contributed by atoms with van der Waals surface area (Å²) >= 11 is 0. The molecule has 4 aliphatic rings. The zero-order valence-corrected chi connectivity index (χ0v) is 17.4. The van der Waals surface area contributed by atoms with Gasteiger partial charge in [0, 0.05) is 92.4 Å². The second kappa shape index (κ2) is 12.4. The van der Waals surface area contributed by atoms with Crippen LogP contribution in [0.3, 0.4) is 0 Å². The van der Waals surface area contributed by atoms with E-state index in [9.17, 15) is 9.59 Å². The molecule has 0 bridgehead atoms. The molecular weight excluding hydrogens is 411 g/mol. The minimum Gasteiger partial charge on any atom is -0.389 e. The van der Waals surface area contributed by atoms with Crippen molar-refractivity contribution >= 4 is 11.6 Å². The minimum absolute atomic E-state index is 0. The van der Waals surface area contributed by atoms with E-state index < -0.39 is 0 Å². The molecule has 0 amide bonds. The van der Waals surface area contributed by atoms with E-state index in [1.54, 1.807) is 36.7 Å². The number of allylic oxidation sites excluding steroid dienone is 10. The first-order valence-electron chi connectivity index (χ1n) is 9.82. The molecule has 2 aliphatic carbocycles. The van der Waals surface area contributed by atoms with Crippen LogP contribution in [0.5, 0.6) is 0 Å². The summed E-state index contributed by atoms with van der Waals surface area (Å²) in [5.41, 5.74) is 1.47. The molecule has 158 valence electrons. The second-order valence-corrected chi connectivity index (χ2v) is 6.96. The van der Waals surface area contributed by atoms with E-state index in [1.165, 1.54) is 26.2 Å². The maximum absolute atomic E-state index is 11.3. The standard InChI is InChI=1S/2C11H14N2O.Ni/c2*14-11-4-2-1-3-10(11)9-12-5-6-13-7-8-13;/h2*1-4,9,12H,5-8H2;. The molecule has 0 aromatic rings. The Morgan fingerprint density at radius 2 is 1.07 bits per heavy atom. The predicted octanol–water partition coefficient (Wildman–Crippen LogP) is 0.939. The first-order valence-corrected chi connectivity index (χ1v) is 9.82. The molecule has 29 heavy (non-hydrogen) atoms. The zero-order valence-electron chi connectivity index (χ0n) is 16.5. The van der Waals surface area contributed by atoms with Gasteiger partial charge in [0.15, 0.2) is 11.6 Å². The van der Waals surface area contributed by atoms with Crippen LogP contribution in [-0.2, 0) is 26.1 Å². The Kier molecular flexibility index (Phi) is 9.85. The van der Waals surface area contributed by atoms with Gasteiger partial charge in [0.05, 0.1) is 0 Å². The summed E-state index contributed by atoms with van der Waals surface area (Å²) in [5.74, 6) is 0.151. The Hall–Kier alpha value is -2.21. The molecule has 0 spiro atoms. The van der Waals surface area contributed by atoms with Crippen LogP contribution in [0, 0.1) is 0 Å². The molecule has 2 saturated heterocycles. The molecule has 2 aliphatic heterocycles. The first-order chi connectivity index (χ1) is 13.7. The van der Waals surface area contributed by atoms with Crippen molar-refractivity contribution in [3.63, 3.8) is 0 Å². The van der Waals surface area contributed by atoms with Crippen LogP contribution in [0.4, 0.5) is 0 Å². The normalized spacial score (nSPS) is 22.3. The van der Waals surface area contributed by atoms with E-state index >= 15 is 0 Å². The Balaban J connectivity index is 0.000000200. The van der Waals surface area contributed by atoms with Crippen molar-refractivity contribution in [3.05, 3.63) is 72.2 Å². The Labute approximate surface area is 182 Å². The number of carbonyl (C=O) groups is 2. The summed E-state index contributed by atoms with van der Waals surface area (Å²) in [7, 11) is 0.